The lowest BCUT2D eigenvalue weighted by molar-refractivity contribution is -0.118. The van der Waals surface area contributed by atoms with Crippen LogP contribution in [0.25, 0.3) is 0 Å². The second-order valence-electron chi connectivity index (χ2n) is 5.59. The summed E-state index contributed by atoms with van der Waals surface area (Å²) in [6.07, 6.45) is 0. The molecule has 0 aliphatic heterocycles. The summed E-state index contributed by atoms with van der Waals surface area (Å²) in [6.45, 7) is 2.51. The van der Waals surface area contributed by atoms with Gasteiger partial charge in [0, 0.05) is 24.9 Å². The van der Waals surface area contributed by atoms with E-state index >= 15 is 0 Å². The Morgan fingerprint density at radius 3 is 2.50 bits per heavy atom. The molecule has 0 spiro atoms. The van der Waals surface area contributed by atoms with Gasteiger partial charge in [-0.1, -0.05) is 36.4 Å². The molecule has 2 aromatic rings. The minimum absolute atomic E-state index is 0.0382. The first-order chi connectivity index (χ1) is 11.6. The number of hydrogen-bond acceptors (Lipinski definition) is 4. The van der Waals surface area contributed by atoms with Crippen LogP contribution in [0.5, 0.6) is 5.75 Å². The molecule has 2 aromatic carbocycles. The zero-order valence-electron chi connectivity index (χ0n) is 14.3. The predicted molar refractivity (Wildman–Crippen MR) is 95.3 cm³/mol. The number of benzene rings is 2. The van der Waals surface area contributed by atoms with Gasteiger partial charge < -0.3 is 14.8 Å². The third-order valence-corrected chi connectivity index (χ3v) is 3.60. The first-order valence-corrected chi connectivity index (χ1v) is 7.89. The first-order valence-electron chi connectivity index (χ1n) is 7.89. The molecule has 0 aromatic heterocycles. The van der Waals surface area contributed by atoms with E-state index in [-0.39, 0.29) is 11.9 Å². The van der Waals surface area contributed by atoms with Gasteiger partial charge in [-0.05, 0) is 24.6 Å². The number of carbonyl (C=O) groups is 1. The molecule has 0 unspecified atom stereocenters. The van der Waals surface area contributed by atoms with Gasteiger partial charge in [0.25, 0.3) is 0 Å². The highest BCUT2D eigenvalue weighted by molar-refractivity contribution is 5.95. The average Bonchev–Trinajstić information content (AvgIpc) is 2.60. The van der Waals surface area contributed by atoms with Crippen LogP contribution in [0, 0.1) is 0 Å². The molecule has 2 atom stereocenters. The van der Waals surface area contributed by atoms with Gasteiger partial charge in [-0.15, -0.1) is 0 Å². The highest BCUT2D eigenvalue weighted by Gasteiger charge is 2.22. The molecule has 24 heavy (non-hydrogen) atoms. The van der Waals surface area contributed by atoms with Gasteiger partial charge in [0.15, 0.2) is 0 Å². The number of anilines is 1. The second kappa shape index (κ2) is 9.05. The van der Waals surface area contributed by atoms with Crippen LogP contribution in [0.3, 0.4) is 0 Å². The van der Waals surface area contributed by atoms with E-state index in [4.69, 9.17) is 9.47 Å². The first kappa shape index (κ1) is 18.0. The van der Waals surface area contributed by atoms with Gasteiger partial charge >= 0.3 is 0 Å². The number of nitrogens with one attached hydrogen (secondary N) is 2. The molecular formula is C19H24N2O3. The van der Waals surface area contributed by atoms with Crippen LogP contribution >= 0.6 is 0 Å². The van der Waals surface area contributed by atoms with Crippen LogP contribution in [0.4, 0.5) is 5.69 Å². The fourth-order valence-corrected chi connectivity index (χ4v) is 2.47. The van der Waals surface area contributed by atoms with Crippen molar-refractivity contribution in [1.82, 2.24) is 5.32 Å². The number of methoxy groups -OCH3 is 2. The third kappa shape index (κ3) is 5.08. The highest BCUT2D eigenvalue weighted by Crippen LogP contribution is 2.20. The minimum Gasteiger partial charge on any atom is -0.497 e. The van der Waals surface area contributed by atoms with Crippen LogP contribution < -0.4 is 15.4 Å². The fraction of sp³-hybridized carbons (Fsp3) is 0.316. The Bertz CT molecular complexity index is 646. The van der Waals surface area contributed by atoms with E-state index < -0.39 is 6.04 Å². The van der Waals surface area contributed by atoms with Crippen LogP contribution in [0.2, 0.25) is 0 Å². The lowest BCUT2D eigenvalue weighted by atomic mass is 10.0. The summed E-state index contributed by atoms with van der Waals surface area (Å²) in [5.74, 6) is 0.571. The average molecular weight is 328 g/mol. The predicted octanol–water partition coefficient (Wildman–Crippen LogP) is 3.00. The lowest BCUT2D eigenvalue weighted by Crippen LogP contribution is -2.40. The molecule has 1 amide bonds. The summed E-state index contributed by atoms with van der Waals surface area (Å²) in [7, 11) is 3.24. The third-order valence-electron chi connectivity index (χ3n) is 3.60. The Labute approximate surface area is 143 Å². The van der Waals surface area contributed by atoms with Gasteiger partial charge in [-0.3, -0.25) is 10.1 Å². The highest BCUT2D eigenvalue weighted by atomic mass is 16.5. The van der Waals surface area contributed by atoms with Gasteiger partial charge in [-0.2, -0.15) is 0 Å². The number of rotatable bonds is 8. The van der Waals surface area contributed by atoms with E-state index in [1.54, 1.807) is 20.3 Å². The van der Waals surface area contributed by atoms with Crippen molar-refractivity contribution in [2.24, 2.45) is 0 Å². The maximum Gasteiger partial charge on any atom is 0.246 e. The van der Waals surface area contributed by atoms with Crippen molar-refractivity contribution in [3.05, 3.63) is 60.2 Å². The van der Waals surface area contributed by atoms with Crippen molar-refractivity contribution < 1.29 is 14.3 Å². The Balaban J connectivity index is 2.17. The Morgan fingerprint density at radius 1 is 1.08 bits per heavy atom. The largest absolute Gasteiger partial charge is 0.497 e. The maximum absolute atomic E-state index is 12.8. The van der Waals surface area contributed by atoms with E-state index in [0.717, 1.165) is 5.56 Å². The SMILES string of the molecule is COC[C@@H](C)N[C@H](C(=O)Nc1cccc(OC)c1)c1ccccc1. The number of hydrogen-bond donors (Lipinski definition) is 2. The summed E-state index contributed by atoms with van der Waals surface area (Å²) in [5.41, 5.74) is 1.60. The minimum atomic E-state index is -0.470. The summed E-state index contributed by atoms with van der Waals surface area (Å²) in [5, 5.41) is 6.25. The fourth-order valence-electron chi connectivity index (χ4n) is 2.47. The zero-order valence-corrected chi connectivity index (χ0v) is 14.3. The lowest BCUT2D eigenvalue weighted by Gasteiger charge is -2.23. The molecule has 0 aliphatic rings. The van der Waals surface area contributed by atoms with Crippen molar-refractivity contribution in [3.63, 3.8) is 0 Å². The summed E-state index contributed by atoms with van der Waals surface area (Å²) in [4.78, 5) is 12.8. The van der Waals surface area contributed by atoms with Crippen LogP contribution in [-0.2, 0) is 9.53 Å². The smallest absolute Gasteiger partial charge is 0.246 e. The van der Waals surface area contributed by atoms with Gasteiger partial charge in [-0.25, -0.2) is 0 Å². The van der Waals surface area contributed by atoms with E-state index in [1.165, 1.54) is 0 Å². The molecule has 0 saturated heterocycles. The van der Waals surface area contributed by atoms with Crippen molar-refractivity contribution in [2.45, 2.75) is 19.0 Å². The molecule has 0 fully saturated rings. The molecule has 0 aliphatic carbocycles. The standard InChI is InChI=1S/C19H24N2O3/c1-14(13-23-2)20-18(15-8-5-4-6-9-15)19(22)21-16-10-7-11-17(12-16)24-3/h4-12,14,18,20H,13H2,1-3H3,(H,21,22)/t14-,18+/m1/s1. The molecule has 2 N–H and O–H groups in total. The molecule has 5 heteroatoms. The molecule has 0 saturated carbocycles. The molecule has 0 heterocycles. The Kier molecular flexibility index (Phi) is 6.78. The van der Waals surface area contributed by atoms with E-state index in [0.29, 0.717) is 18.0 Å². The molecule has 0 radical (unpaired) electrons. The quantitative estimate of drug-likeness (QED) is 0.782. The van der Waals surface area contributed by atoms with E-state index in [9.17, 15) is 4.79 Å². The summed E-state index contributed by atoms with van der Waals surface area (Å²) < 4.78 is 10.4. The second-order valence-corrected chi connectivity index (χ2v) is 5.59. The van der Waals surface area contributed by atoms with Gasteiger partial charge in [0.1, 0.15) is 11.8 Å². The molecule has 5 nitrogen and oxygen atoms in total. The number of ether oxygens (including phenoxy) is 2. The van der Waals surface area contributed by atoms with Gasteiger partial charge in [0.05, 0.1) is 13.7 Å². The summed E-state index contributed by atoms with van der Waals surface area (Å²) >= 11 is 0. The molecule has 0 bridgehead atoms. The zero-order chi connectivity index (χ0) is 17.4. The van der Waals surface area contributed by atoms with E-state index in [2.05, 4.69) is 10.6 Å². The topological polar surface area (TPSA) is 59.6 Å². The van der Waals surface area contributed by atoms with Crippen molar-refractivity contribution >= 4 is 11.6 Å². The number of carbonyl (C=O) groups excluding carboxylic acids is 1. The van der Waals surface area contributed by atoms with Crippen LogP contribution in [0.1, 0.15) is 18.5 Å². The maximum atomic E-state index is 12.8. The molecular weight excluding hydrogens is 304 g/mol. The normalized spacial score (nSPS) is 13.1. The molecule has 2 rings (SSSR count). The van der Waals surface area contributed by atoms with Crippen LogP contribution in [-0.4, -0.2) is 32.8 Å². The number of amides is 1. The van der Waals surface area contributed by atoms with Crippen LogP contribution in [0.15, 0.2) is 54.6 Å². The van der Waals surface area contributed by atoms with Gasteiger partial charge in [0.2, 0.25) is 5.91 Å². The van der Waals surface area contributed by atoms with E-state index in [1.807, 2.05) is 55.5 Å². The van der Waals surface area contributed by atoms with Crippen molar-refractivity contribution in [1.29, 1.82) is 0 Å². The monoisotopic (exact) mass is 328 g/mol. The van der Waals surface area contributed by atoms with Crippen molar-refractivity contribution in [3.8, 4) is 5.75 Å². The summed E-state index contributed by atoms with van der Waals surface area (Å²) in [6, 6.07) is 16.5. The Morgan fingerprint density at radius 2 is 1.83 bits per heavy atom. The van der Waals surface area contributed by atoms with Crippen molar-refractivity contribution in [2.75, 3.05) is 26.1 Å². The Hall–Kier alpha value is -2.37. The molecule has 128 valence electrons.